The van der Waals surface area contributed by atoms with E-state index in [0.29, 0.717) is 5.69 Å². The van der Waals surface area contributed by atoms with Crippen LogP contribution in [0.25, 0.3) is 0 Å². The number of hydrogen-bond acceptors (Lipinski definition) is 2. The molecule has 0 aliphatic carbocycles. The van der Waals surface area contributed by atoms with E-state index in [-0.39, 0.29) is 0 Å². The van der Waals surface area contributed by atoms with Crippen molar-refractivity contribution < 1.29 is 8.42 Å². The van der Waals surface area contributed by atoms with Crippen LogP contribution in [0.2, 0.25) is 0 Å². The third kappa shape index (κ3) is 3.72. The van der Waals surface area contributed by atoms with E-state index in [1.165, 1.54) is 5.56 Å². The number of halogens is 1. The normalized spacial score (nSPS) is 11.4. The zero-order chi connectivity index (χ0) is 11.5. The van der Waals surface area contributed by atoms with Crippen molar-refractivity contribution in [2.24, 2.45) is 0 Å². The first-order chi connectivity index (χ1) is 6.96. The minimum absolute atomic E-state index is 0.513. The molecule has 0 aliphatic rings. The highest BCUT2D eigenvalue weighted by Crippen LogP contribution is 2.18. The average molecular weight is 248 g/mol. The third-order valence-corrected chi connectivity index (χ3v) is 2.92. The van der Waals surface area contributed by atoms with Crippen molar-refractivity contribution in [2.45, 2.75) is 26.7 Å². The quantitative estimate of drug-likeness (QED) is 0.832. The van der Waals surface area contributed by atoms with Gasteiger partial charge in [0, 0.05) is 16.4 Å². The molecule has 0 bridgehead atoms. The Kier molecular flexibility index (Phi) is 3.99. The molecular formula is C10H14ClNO2S. The van der Waals surface area contributed by atoms with Crippen molar-refractivity contribution in [1.82, 2.24) is 0 Å². The lowest BCUT2D eigenvalue weighted by Gasteiger charge is -2.08. The maximum absolute atomic E-state index is 10.8. The second-order valence-electron chi connectivity index (χ2n) is 3.23. The van der Waals surface area contributed by atoms with E-state index in [0.717, 1.165) is 18.4 Å². The Morgan fingerprint density at radius 2 is 1.80 bits per heavy atom. The SMILES string of the molecule is CCc1ccc(NS(=O)(=O)Cl)cc1CC. The smallest absolute Gasteiger partial charge is 0.271 e. The average Bonchev–Trinajstić information content (AvgIpc) is 2.15. The summed E-state index contributed by atoms with van der Waals surface area (Å²) in [5, 5.41) is 0. The molecule has 0 atom stereocenters. The van der Waals surface area contributed by atoms with Gasteiger partial charge in [-0.25, -0.2) is 0 Å². The van der Waals surface area contributed by atoms with Gasteiger partial charge in [0.25, 0.3) is 0 Å². The van der Waals surface area contributed by atoms with Crippen LogP contribution in [0.1, 0.15) is 25.0 Å². The fourth-order valence-electron chi connectivity index (χ4n) is 1.50. The van der Waals surface area contributed by atoms with Gasteiger partial charge in [0.05, 0.1) is 0 Å². The van der Waals surface area contributed by atoms with Crippen LogP contribution in [-0.2, 0) is 22.1 Å². The largest absolute Gasteiger partial charge is 0.319 e. The maximum atomic E-state index is 10.8. The minimum Gasteiger partial charge on any atom is -0.271 e. The van der Waals surface area contributed by atoms with E-state index in [4.69, 9.17) is 10.7 Å². The zero-order valence-corrected chi connectivity index (χ0v) is 10.3. The van der Waals surface area contributed by atoms with Gasteiger partial charge in [0.1, 0.15) is 0 Å². The van der Waals surface area contributed by atoms with Crippen molar-refractivity contribution in [1.29, 1.82) is 0 Å². The van der Waals surface area contributed by atoms with Gasteiger partial charge >= 0.3 is 9.24 Å². The number of hydrogen-bond donors (Lipinski definition) is 1. The number of rotatable bonds is 4. The van der Waals surface area contributed by atoms with Gasteiger partial charge in [-0.1, -0.05) is 19.9 Å². The Morgan fingerprint density at radius 3 is 2.27 bits per heavy atom. The van der Waals surface area contributed by atoms with Gasteiger partial charge in [-0.2, -0.15) is 8.42 Å². The lowest BCUT2D eigenvalue weighted by atomic mass is 10.0. The van der Waals surface area contributed by atoms with Crippen LogP contribution in [0, 0.1) is 0 Å². The van der Waals surface area contributed by atoms with Gasteiger partial charge in [0.2, 0.25) is 0 Å². The molecule has 0 aromatic heterocycles. The molecule has 0 heterocycles. The van der Waals surface area contributed by atoms with E-state index in [9.17, 15) is 8.42 Å². The molecule has 0 amide bonds. The Morgan fingerprint density at radius 1 is 1.20 bits per heavy atom. The highest BCUT2D eigenvalue weighted by molar-refractivity contribution is 8.14. The van der Waals surface area contributed by atoms with Crippen LogP contribution in [-0.4, -0.2) is 8.42 Å². The fourth-order valence-corrected chi connectivity index (χ4v) is 2.18. The summed E-state index contributed by atoms with van der Waals surface area (Å²) in [6, 6.07) is 5.46. The molecule has 5 heteroatoms. The van der Waals surface area contributed by atoms with Gasteiger partial charge in [-0.3, -0.25) is 4.72 Å². The van der Waals surface area contributed by atoms with Crippen molar-refractivity contribution in [3.63, 3.8) is 0 Å². The van der Waals surface area contributed by atoms with E-state index in [1.807, 2.05) is 19.1 Å². The molecule has 1 N–H and O–H groups in total. The summed E-state index contributed by atoms with van der Waals surface area (Å²) < 4.78 is 23.9. The summed E-state index contributed by atoms with van der Waals surface area (Å²) in [6.45, 7) is 4.10. The summed E-state index contributed by atoms with van der Waals surface area (Å²) in [4.78, 5) is 0. The lowest BCUT2D eigenvalue weighted by molar-refractivity contribution is 0.614. The van der Waals surface area contributed by atoms with Gasteiger partial charge in [0.15, 0.2) is 0 Å². The van der Waals surface area contributed by atoms with Crippen LogP contribution >= 0.6 is 10.7 Å². The summed E-state index contributed by atoms with van der Waals surface area (Å²) in [5.74, 6) is 0. The predicted octanol–water partition coefficient (Wildman–Crippen LogP) is 2.71. The Hall–Kier alpha value is -0.740. The van der Waals surface area contributed by atoms with Crippen LogP contribution in [0.3, 0.4) is 0 Å². The molecule has 0 radical (unpaired) electrons. The van der Waals surface area contributed by atoms with Crippen LogP contribution < -0.4 is 4.72 Å². The molecule has 0 saturated carbocycles. The van der Waals surface area contributed by atoms with E-state index in [2.05, 4.69) is 11.6 Å². The monoisotopic (exact) mass is 247 g/mol. The first kappa shape index (κ1) is 12.3. The summed E-state index contributed by atoms with van der Waals surface area (Å²) in [7, 11) is 1.40. The summed E-state index contributed by atoms with van der Waals surface area (Å²) >= 11 is 0. The molecule has 0 unspecified atom stereocenters. The summed E-state index contributed by atoms with van der Waals surface area (Å²) in [6.07, 6.45) is 1.82. The molecular weight excluding hydrogens is 234 g/mol. The molecule has 15 heavy (non-hydrogen) atoms. The molecule has 0 saturated heterocycles. The number of anilines is 1. The maximum Gasteiger partial charge on any atom is 0.319 e. The molecule has 0 aliphatic heterocycles. The van der Waals surface area contributed by atoms with E-state index in [1.54, 1.807) is 6.07 Å². The molecule has 1 aromatic rings. The highest BCUT2D eigenvalue weighted by Gasteiger charge is 2.06. The van der Waals surface area contributed by atoms with Crippen molar-refractivity contribution >= 4 is 25.6 Å². The number of nitrogens with one attached hydrogen (secondary N) is 1. The zero-order valence-electron chi connectivity index (χ0n) is 8.75. The number of aryl methyl sites for hydroxylation is 2. The van der Waals surface area contributed by atoms with Gasteiger partial charge in [-0.05, 0) is 36.1 Å². The van der Waals surface area contributed by atoms with Crippen LogP contribution in [0.15, 0.2) is 18.2 Å². The van der Waals surface area contributed by atoms with Gasteiger partial charge in [-0.15, -0.1) is 0 Å². The third-order valence-electron chi connectivity index (χ3n) is 2.21. The Balaban J connectivity index is 3.03. The molecule has 84 valence electrons. The van der Waals surface area contributed by atoms with Crippen molar-refractivity contribution in [3.8, 4) is 0 Å². The first-order valence-electron chi connectivity index (χ1n) is 4.80. The molecule has 0 fully saturated rings. The Labute approximate surface area is 95.0 Å². The predicted molar refractivity (Wildman–Crippen MR) is 63.6 cm³/mol. The molecule has 3 nitrogen and oxygen atoms in total. The molecule has 1 rings (SSSR count). The molecule has 0 spiro atoms. The minimum atomic E-state index is -3.70. The second-order valence-corrected chi connectivity index (χ2v) is 5.53. The van der Waals surface area contributed by atoms with Crippen LogP contribution in [0.4, 0.5) is 5.69 Å². The number of benzene rings is 1. The summed E-state index contributed by atoms with van der Waals surface area (Å²) in [5.41, 5.74) is 2.89. The first-order valence-corrected chi connectivity index (χ1v) is 7.11. The molecule has 1 aromatic carbocycles. The van der Waals surface area contributed by atoms with E-state index < -0.39 is 9.24 Å². The Bertz CT molecular complexity index is 443. The lowest BCUT2D eigenvalue weighted by Crippen LogP contribution is -2.05. The van der Waals surface area contributed by atoms with Gasteiger partial charge < -0.3 is 0 Å². The topological polar surface area (TPSA) is 46.2 Å². The van der Waals surface area contributed by atoms with Crippen molar-refractivity contribution in [3.05, 3.63) is 29.3 Å². The second kappa shape index (κ2) is 4.86. The van der Waals surface area contributed by atoms with Crippen molar-refractivity contribution in [2.75, 3.05) is 4.72 Å². The standard InChI is InChI=1S/C10H14ClNO2S/c1-3-8-5-6-10(7-9(8)4-2)12-15(11,13)14/h5-7,12H,3-4H2,1-2H3. The highest BCUT2D eigenvalue weighted by atomic mass is 35.7. The van der Waals surface area contributed by atoms with Crippen LogP contribution in [0.5, 0.6) is 0 Å². The van der Waals surface area contributed by atoms with E-state index >= 15 is 0 Å². The fraction of sp³-hybridized carbons (Fsp3) is 0.400.